The molecule has 1 aliphatic heterocycles. The van der Waals surface area contributed by atoms with Gasteiger partial charge in [-0.3, -0.25) is 0 Å². The fraction of sp³-hybridized carbons (Fsp3) is 0.800. The Labute approximate surface area is 53.6 Å². The third-order valence-corrected chi connectivity index (χ3v) is 1.22. The van der Waals surface area contributed by atoms with E-state index < -0.39 is 0 Å². The number of carbonyl (C=O) groups excluding carboxylic acids is 1. The zero-order chi connectivity index (χ0) is 6.69. The van der Waals surface area contributed by atoms with E-state index in [0.29, 0.717) is 0 Å². The predicted octanol–water partition coefficient (Wildman–Crippen LogP) is -0.686. The van der Waals surface area contributed by atoms with Crippen LogP contribution in [0.5, 0.6) is 0 Å². The second-order valence-electron chi connectivity index (χ2n) is 1.94. The summed E-state index contributed by atoms with van der Waals surface area (Å²) in [4.78, 5) is 10.5. The molecule has 0 aromatic heterocycles. The number of carbonyl (C=O) groups is 1. The molecule has 0 aromatic carbocycles. The molecule has 1 saturated heterocycles. The first-order valence-corrected chi connectivity index (χ1v) is 2.92. The lowest BCUT2D eigenvalue weighted by Crippen LogP contribution is -2.50. The fourth-order valence-corrected chi connectivity index (χ4v) is 0.556. The molecule has 52 valence electrons. The summed E-state index contributed by atoms with van der Waals surface area (Å²) in [5.41, 5.74) is 0. The van der Waals surface area contributed by atoms with Gasteiger partial charge in [0.05, 0.1) is 0 Å². The van der Waals surface area contributed by atoms with Crippen LogP contribution in [0.3, 0.4) is 0 Å². The summed E-state index contributed by atoms with van der Waals surface area (Å²) in [6.07, 6.45) is -0.258. The molecule has 0 unspecified atom stereocenters. The Bertz CT molecular complexity index is 112. The Balaban J connectivity index is 2.09. The first-order valence-electron chi connectivity index (χ1n) is 2.92. The lowest BCUT2D eigenvalue weighted by Gasteiger charge is -2.26. The van der Waals surface area contributed by atoms with Crippen molar-refractivity contribution in [3.63, 3.8) is 0 Å². The monoisotopic (exact) mass is 130 g/mol. The summed E-state index contributed by atoms with van der Waals surface area (Å²) in [5.74, 6) is 0. The van der Waals surface area contributed by atoms with Crippen molar-refractivity contribution in [1.29, 1.82) is 0 Å². The molecule has 1 rings (SSSR count). The van der Waals surface area contributed by atoms with Gasteiger partial charge in [-0.05, 0) is 0 Å². The van der Waals surface area contributed by atoms with Gasteiger partial charge in [0.25, 0.3) is 0 Å². The Morgan fingerprint density at radius 2 is 2.44 bits per heavy atom. The smallest absolute Gasteiger partial charge is 0.407 e. The predicted molar refractivity (Wildman–Crippen MR) is 32.2 cm³/mol. The number of hydrogen-bond acceptors (Lipinski definition) is 3. The van der Waals surface area contributed by atoms with Crippen LogP contribution in [-0.2, 0) is 4.74 Å². The van der Waals surface area contributed by atoms with Crippen molar-refractivity contribution in [2.75, 3.05) is 20.1 Å². The van der Waals surface area contributed by atoms with Crippen LogP contribution < -0.4 is 10.6 Å². The average molecular weight is 130 g/mol. The van der Waals surface area contributed by atoms with Crippen LogP contribution in [0, 0.1) is 0 Å². The third-order valence-electron chi connectivity index (χ3n) is 1.22. The molecular weight excluding hydrogens is 120 g/mol. The van der Waals surface area contributed by atoms with Gasteiger partial charge in [0.15, 0.2) is 0 Å². The van der Waals surface area contributed by atoms with E-state index in [1.807, 2.05) is 0 Å². The maximum atomic E-state index is 10.5. The van der Waals surface area contributed by atoms with Crippen molar-refractivity contribution >= 4 is 6.09 Å². The van der Waals surface area contributed by atoms with Gasteiger partial charge in [-0.25, -0.2) is 4.79 Å². The van der Waals surface area contributed by atoms with Crippen molar-refractivity contribution in [1.82, 2.24) is 10.6 Å². The summed E-state index contributed by atoms with van der Waals surface area (Å²) in [6.45, 7) is 1.57. The van der Waals surface area contributed by atoms with Crippen molar-refractivity contribution in [3.8, 4) is 0 Å². The lowest BCUT2D eigenvalue weighted by molar-refractivity contribution is 0.0686. The quantitative estimate of drug-likeness (QED) is 0.494. The van der Waals surface area contributed by atoms with E-state index in [1.54, 1.807) is 7.05 Å². The number of alkyl carbamates (subject to hydrolysis) is 1. The van der Waals surface area contributed by atoms with Crippen LogP contribution in [0.25, 0.3) is 0 Å². The molecule has 1 amide bonds. The van der Waals surface area contributed by atoms with Crippen molar-refractivity contribution in [3.05, 3.63) is 0 Å². The van der Waals surface area contributed by atoms with Crippen LogP contribution in [-0.4, -0.2) is 32.3 Å². The van der Waals surface area contributed by atoms with E-state index >= 15 is 0 Å². The molecule has 9 heavy (non-hydrogen) atoms. The zero-order valence-corrected chi connectivity index (χ0v) is 5.31. The number of hydrogen-bond donors (Lipinski definition) is 2. The zero-order valence-electron chi connectivity index (χ0n) is 5.31. The lowest BCUT2D eigenvalue weighted by atomic mass is 10.2. The Kier molecular flexibility index (Phi) is 1.89. The second-order valence-corrected chi connectivity index (χ2v) is 1.94. The molecule has 0 aromatic rings. The molecule has 1 aliphatic rings. The Morgan fingerprint density at radius 1 is 1.78 bits per heavy atom. The second kappa shape index (κ2) is 2.68. The molecule has 0 spiro atoms. The molecule has 0 atom stereocenters. The van der Waals surface area contributed by atoms with Crippen LogP contribution >= 0.6 is 0 Å². The SMILES string of the molecule is CNC(=O)OC1CNC1. The number of ether oxygens (including phenoxy) is 1. The normalized spacial score (nSPS) is 18.3. The van der Waals surface area contributed by atoms with Crippen LogP contribution in [0.1, 0.15) is 0 Å². The highest BCUT2D eigenvalue weighted by Gasteiger charge is 2.19. The van der Waals surface area contributed by atoms with E-state index in [9.17, 15) is 4.79 Å². The van der Waals surface area contributed by atoms with Crippen molar-refractivity contribution < 1.29 is 9.53 Å². The summed E-state index contributed by atoms with van der Waals surface area (Å²) in [6, 6.07) is 0. The molecule has 0 bridgehead atoms. The van der Waals surface area contributed by atoms with Gasteiger partial charge in [0.1, 0.15) is 6.10 Å². The van der Waals surface area contributed by atoms with Gasteiger partial charge in [0, 0.05) is 20.1 Å². The molecule has 1 fully saturated rings. The maximum Gasteiger partial charge on any atom is 0.407 e. The van der Waals surface area contributed by atoms with Gasteiger partial charge < -0.3 is 15.4 Å². The van der Waals surface area contributed by atoms with E-state index in [-0.39, 0.29) is 12.2 Å². The summed E-state index contributed by atoms with van der Waals surface area (Å²) in [7, 11) is 1.55. The third kappa shape index (κ3) is 1.57. The summed E-state index contributed by atoms with van der Waals surface area (Å²) < 4.78 is 4.82. The summed E-state index contributed by atoms with van der Waals surface area (Å²) >= 11 is 0. The largest absolute Gasteiger partial charge is 0.444 e. The van der Waals surface area contributed by atoms with E-state index in [2.05, 4.69) is 10.6 Å². The van der Waals surface area contributed by atoms with Gasteiger partial charge in [-0.2, -0.15) is 0 Å². The molecule has 0 saturated carbocycles. The van der Waals surface area contributed by atoms with Crippen LogP contribution in [0.2, 0.25) is 0 Å². The maximum absolute atomic E-state index is 10.5. The van der Waals surface area contributed by atoms with E-state index in [1.165, 1.54) is 0 Å². The highest BCUT2D eigenvalue weighted by Crippen LogP contribution is 1.96. The molecule has 0 radical (unpaired) electrons. The highest BCUT2D eigenvalue weighted by atomic mass is 16.6. The molecule has 4 heteroatoms. The Hall–Kier alpha value is -0.770. The minimum absolute atomic E-state index is 0.0879. The van der Waals surface area contributed by atoms with Crippen molar-refractivity contribution in [2.24, 2.45) is 0 Å². The van der Waals surface area contributed by atoms with Gasteiger partial charge in [0.2, 0.25) is 0 Å². The van der Waals surface area contributed by atoms with Crippen LogP contribution in [0.15, 0.2) is 0 Å². The minimum atomic E-state index is -0.346. The molecular formula is C5H10N2O2. The van der Waals surface area contributed by atoms with E-state index in [4.69, 9.17) is 4.74 Å². The number of rotatable bonds is 1. The van der Waals surface area contributed by atoms with Gasteiger partial charge in [-0.15, -0.1) is 0 Å². The number of amides is 1. The standard InChI is InChI=1S/C5H10N2O2/c1-6-5(8)9-4-2-7-3-4/h4,7H,2-3H2,1H3,(H,6,8). The minimum Gasteiger partial charge on any atom is -0.444 e. The van der Waals surface area contributed by atoms with Crippen molar-refractivity contribution in [2.45, 2.75) is 6.10 Å². The average Bonchev–Trinajstić information content (AvgIpc) is 1.78. The van der Waals surface area contributed by atoms with Gasteiger partial charge in [-0.1, -0.05) is 0 Å². The van der Waals surface area contributed by atoms with Crippen LogP contribution in [0.4, 0.5) is 4.79 Å². The van der Waals surface area contributed by atoms with Gasteiger partial charge >= 0.3 is 6.09 Å². The molecule has 4 nitrogen and oxygen atoms in total. The Morgan fingerprint density at radius 3 is 2.78 bits per heavy atom. The fourth-order valence-electron chi connectivity index (χ4n) is 0.556. The highest BCUT2D eigenvalue weighted by molar-refractivity contribution is 5.66. The first-order chi connectivity index (χ1) is 4.33. The number of nitrogens with one attached hydrogen (secondary N) is 2. The molecule has 1 heterocycles. The molecule has 2 N–H and O–H groups in total. The first kappa shape index (κ1) is 6.35. The molecule has 0 aliphatic carbocycles. The van der Waals surface area contributed by atoms with E-state index in [0.717, 1.165) is 13.1 Å². The topological polar surface area (TPSA) is 50.4 Å². The summed E-state index contributed by atoms with van der Waals surface area (Å²) in [5, 5.41) is 5.36.